The van der Waals surface area contributed by atoms with Crippen LogP contribution in [0.5, 0.6) is 6.01 Å². The van der Waals surface area contributed by atoms with Crippen molar-refractivity contribution >= 4 is 5.95 Å². The van der Waals surface area contributed by atoms with Gasteiger partial charge < -0.3 is 10.1 Å². The van der Waals surface area contributed by atoms with E-state index >= 15 is 0 Å². The zero-order valence-corrected chi connectivity index (χ0v) is 6.92. The summed E-state index contributed by atoms with van der Waals surface area (Å²) in [5, 5.41) is 2.68. The Bertz CT molecular complexity index is 309. The van der Waals surface area contributed by atoms with Crippen LogP contribution in [0.25, 0.3) is 0 Å². The van der Waals surface area contributed by atoms with Gasteiger partial charge in [0.15, 0.2) is 0 Å². The van der Waals surface area contributed by atoms with E-state index in [2.05, 4.69) is 20.3 Å². The van der Waals surface area contributed by atoms with Crippen LogP contribution in [-0.2, 0) is 0 Å². The highest BCUT2D eigenvalue weighted by Crippen LogP contribution is 1.99. The topological polar surface area (TPSA) is 79.9 Å². The van der Waals surface area contributed by atoms with E-state index in [9.17, 15) is 4.79 Å². The van der Waals surface area contributed by atoms with E-state index in [1.807, 2.05) is 0 Å². The minimum atomic E-state index is -0.474. The molecule has 0 aliphatic rings. The summed E-state index contributed by atoms with van der Waals surface area (Å²) >= 11 is 0. The Labute approximate surface area is 69.0 Å². The van der Waals surface area contributed by atoms with Crippen molar-refractivity contribution in [2.75, 3.05) is 19.0 Å². The van der Waals surface area contributed by atoms with E-state index in [1.165, 1.54) is 0 Å². The maximum absolute atomic E-state index is 10.8. The minimum absolute atomic E-state index is 0.0885. The molecule has 2 N–H and O–H groups in total. The lowest BCUT2D eigenvalue weighted by Gasteiger charge is -2.01. The molecule has 0 bridgehead atoms. The molecule has 0 amide bonds. The van der Waals surface area contributed by atoms with Gasteiger partial charge in [-0.05, 0) is 6.92 Å². The van der Waals surface area contributed by atoms with Crippen LogP contribution in [-0.4, -0.2) is 28.6 Å². The van der Waals surface area contributed by atoms with E-state index in [-0.39, 0.29) is 6.01 Å². The summed E-state index contributed by atoms with van der Waals surface area (Å²) in [4.78, 5) is 20.5. The second kappa shape index (κ2) is 3.70. The van der Waals surface area contributed by atoms with Gasteiger partial charge in [-0.3, -0.25) is 4.98 Å². The number of nitrogens with zero attached hydrogens (tertiary/aromatic N) is 2. The molecule has 6 nitrogen and oxygen atoms in total. The average Bonchev–Trinajstić information content (AvgIpc) is 2.04. The van der Waals surface area contributed by atoms with Crippen molar-refractivity contribution in [3.8, 4) is 6.01 Å². The van der Waals surface area contributed by atoms with E-state index in [0.29, 0.717) is 12.6 Å². The van der Waals surface area contributed by atoms with Gasteiger partial charge in [0.2, 0.25) is 5.95 Å². The highest BCUT2D eigenvalue weighted by molar-refractivity contribution is 5.21. The van der Waals surface area contributed by atoms with Crippen LogP contribution in [0, 0.1) is 0 Å². The molecular weight excluding hydrogens is 160 g/mol. The number of hydrogen-bond acceptors (Lipinski definition) is 5. The molecule has 0 unspecified atom stereocenters. The molecular formula is C6H10N4O2. The second-order valence-corrected chi connectivity index (χ2v) is 1.97. The van der Waals surface area contributed by atoms with Crippen LogP contribution in [0.4, 0.5) is 5.95 Å². The third kappa shape index (κ3) is 1.94. The number of anilines is 1. The van der Waals surface area contributed by atoms with Gasteiger partial charge in [-0.15, -0.1) is 4.98 Å². The summed E-state index contributed by atoms with van der Waals surface area (Å²) in [7, 11) is 1.65. The monoisotopic (exact) mass is 170 g/mol. The largest absolute Gasteiger partial charge is 0.464 e. The van der Waals surface area contributed by atoms with Gasteiger partial charge >= 0.3 is 11.7 Å². The molecule has 0 aliphatic heterocycles. The Morgan fingerprint density at radius 3 is 2.92 bits per heavy atom. The Kier molecular flexibility index (Phi) is 2.62. The van der Waals surface area contributed by atoms with Crippen molar-refractivity contribution in [3.63, 3.8) is 0 Å². The van der Waals surface area contributed by atoms with Crippen LogP contribution in [0.3, 0.4) is 0 Å². The van der Waals surface area contributed by atoms with Crippen molar-refractivity contribution in [2.45, 2.75) is 6.92 Å². The van der Waals surface area contributed by atoms with Crippen LogP contribution in [0.1, 0.15) is 6.92 Å². The first-order chi connectivity index (χ1) is 5.76. The number of nitrogens with one attached hydrogen (secondary N) is 2. The summed E-state index contributed by atoms with van der Waals surface area (Å²) in [5.74, 6) is 0.346. The fraction of sp³-hybridized carbons (Fsp3) is 0.500. The zero-order chi connectivity index (χ0) is 8.97. The molecule has 6 heteroatoms. The zero-order valence-electron chi connectivity index (χ0n) is 6.92. The summed E-state index contributed by atoms with van der Waals surface area (Å²) in [6, 6.07) is 0.0885. The van der Waals surface area contributed by atoms with Gasteiger partial charge in [0.05, 0.1) is 6.61 Å². The van der Waals surface area contributed by atoms with Crippen LogP contribution in [0.15, 0.2) is 4.79 Å². The molecule has 0 radical (unpaired) electrons. The molecule has 1 aromatic rings. The Balaban J connectivity index is 2.98. The van der Waals surface area contributed by atoms with Crippen molar-refractivity contribution in [1.29, 1.82) is 0 Å². The smallest absolute Gasteiger partial charge is 0.352 e. The van der Waals surface area contributed by atoms with Crippen molar-refractivity contribution in [3.05, 3.63) is 10.5 Å². The molecule has 12 heavy (non-hydrogen) atoms. The van der Waals surface area contributed by atoms with Gasteiger partial charge in [0.1, 0.15) is 0 Å². The number of rotatable bonds is 3. The van der Waals surface area contributed by atoms with E-state index in [1.54, 1.807) is 14.0 Å². The highest BCUT2D eigenvalue weighted by Gasteiger charge is 2.00. The van der Waals surface area contributed by atoms with Gasteiger partial charge in [0.25, 0.3) is 0 Å². The maximum Gasteiger partial charge on any atom is 0.352 e. The van der Waals surface area contributed by atoms with Crippen LogP contribution in [0.2, 0.25) is 0 Å². The van der Waals surface area contributed by atoms with Gasteiger partial charge in [-0.25, -0.2) is 4.79 Å². The van der Waals surface area contributed by atoms with E-state index < -0.39 is 5.69 Å². The molecule has 1 aromatic heterocycles. The van der Waals surface area contributed by atoms with E-state index in [0.717, 1.165) is 0 Å². The minimum Gasteiger partial charge on any atom is -0.464 e. The summed E-state index contributed by atoms with van der Waals surface area (Å²) < 4.78 is 4.95. The number of aromatic amines is 1. The van der Waals surface area contributed by atoms with Crippen molar-refractivity contribution in [2.24, 2.45) is 0 Å². The summed E-state index contributed by atoms with van der Waals surface area (Å²) in [6.45, 7) is 2.23. The van der Waals surface area contributed by atoms with Crippen LogP contribution >= 0.6 is 0 Å². The fourth-order valence-electron chi connectivity index (χ4n) is 0.677. The molecule has 0 fully saturated rings. The molecule has 0 saturated heterocycles. The predicted molar refractivity (Wildman–Crippen MR) is 43.4 cm³/mol. The quantitative estimate of drug-likeness (QED) is 0.645. The molecule has 0 saturated carbocycles. The lowest BCUT2D eigenvalue weighted by atomic mass is 10.8. The molecule has 66 valence electrons. The Hall–Kier alpha value is -1.59. The van der Waals surface area contributed by atoms with Crippen LogP contribution < -0.4 is 15.7 Å². The molecule has 0 aliphatic carbocycles. The van der Waals surface area contributed by atoms with Gasteiger partial charge in [-0.1, -0.05) is 0 Å². The maximum atomic E-state index is 10.8. The molecule has 0 atom stereocenters. The summed E-state index contributed by atoms with van der Waals surface area (Å²) in [5.41, 5.74) is -0.474. The van der Waals surface area contributed by atoms with Gasteiger partial charge in [-0.2, -0.15) is 4.98 Å². The standard InChI is InChI=1S/C6H10N4O2/c1-3-12-6-9-4(7-2)8-5(11)10-6/h3H2,1-2H3,(H2,7,8,9,10,11). The number of H-pyrrole nitrogens is 1. The molecule has 1 rings (SSSR count). The summed E-state index contributed by atoms with van der Waals surface area (Å²) in [6.07, 6.45) is 0. The average molecular weight is 170 g/mol. The third-order valence-corrected chi connectivity index (χ3v) is 1.14. The van der Waals surface area contributed by atoms with E-state index in [4.69, 9.17) is 4.74 Å². The Morgan fingerprint density at radius 1 is 1.58 bits per heavy atom. The normalized spacial score (nSPS) is 9.50. The first-order valence-electron chi connectivity index (χ1n) is 3.55. The van der Waals surface area contributed by atoms with Gasteiger partial charge in [0, 0.05) is 7.05 Å². The third-order valence-electron chi connectivity index (χ3n) is 1.14. The first kappa shape index (κ1) is 8.51. The number of hydrogen-bond donors (Lipinski definition) is 2. The number of aromatic nitrogens is 3. The fourth-order valence-corrected chi connectivity index (χ4v) is 0.677. The Morgan fingerprint density at radius 2 is 2.33 bits per heavy atom. The number of ether oxygens (including phenoxy) is 1. The molecule has 1 heterocycles. The molecule has 0 aromatic carbocycles. The second-order valence-electron chi connectivity index (χ2n) is 1.97. The van der Waals surface area contributed by atoms with Crippen molar-refractivity contribution in [1.82, 2.24) is 15.0 Å². The first-order valence-corrected chi connectivity index (χ1v) is 3.55. The predicted octanol–water partition coefficient (Wildman–Crippen LogP) is -0.395. The van der Waals surface area contributed by atoms with Crippen molar-refractivity contribution < 1.29 is 4.74 Å². The SMILES string of the molecule is CCOc1nc(NC)[nH]c(=O)n1. The lowest BCUT2D eigenvalue weighted by Crippen LogP contribution is -2.16. The lowest BCUT2D eigenvalue weighted by molar-refractivity contribution is 0.310. The highest BCUT2D eigenvalue weighted by atomic mass is 16.5. The molecule has 0 spiro atoms.